The highest BCUT2D eigenvalue weighted by molar-refractivity contribution is 5.84. The van der Waals surface area contributed by atoms with E-state index in [0.717, 1.165) is 11.5 Å². The molecule has 1 aromatic rings. The Bertz CT molecular complexity index is 458. The van der Waals surface area contributed by atoms with Crippen LogP contribution in [0.4, 0.5) is 4.39 Å². The molecule has 20 heavy (non-hydrogen) atoms. The molecule has 109 valence electrons. The van der Waals surface area contributed by atoms with Crippen LogP contribution in [0.15, 0.2) is 24.3 Å². The predicted octanol–water partition coefficient (Wildman–Crippen LogP) is 3.05. The molecule has 1 heterocycles. The molecule has 1 amide bonds. The summed E-state index contributed by atoms with van der Waals surface area (Å²) in [6.45, 7) is 4.68. The highest BCUT2D eigenvalue weighted by Gasteiger charge is 2.32. The first-order valence-corrected chi connectivity index (χ1v) is 6.98. The number of carbonyl (C=O) groups is 1. The molecule has 1 N–H and O–H groups in total. The van der Waals surface area contributed by atoms with Crippen molar-refractivity contribution >= 4 is 5.91 Å². The quantitative estimate of drug-likeness (QED) is 0.919. The molecule has 0 spiro atoms. The number of hydrogen-bond acceptors (Lipinski definition) is 2. The molecular formula is C16H21FNO2. The van der Waals surface area contributed by atoms with Crippen molar-refractivity contribution in [3.05, 3.63) is 35.7 Å². The van der Waals surface area contributed by atoms with Gasteiger partial charge in [0.2, 0.25) is 5.91 Å². The maximum absolute atomic E-state index is 13.3. The summed E-state index contributed by atoms with van der Waals surface area (Å²) >= 11 is 0. The molecule has 3 nitrogen and oxygen atoms in total. The first kappa shape index (κ1) is 14.8. The third kappa shape index (κ3) is 3.50. The summed E-state index contributed by atoms with van der Waals surface area (Å²) in [5.41, 5.74) is 0.872. The van der Waals surface area contributed by atoms with Crippen LogP contribution in [0.1, 0.15) is 38.2 Å². The summed E-state index contributed by atoms with van der Waals surface area (Å²) in [6.07, 6.45) is 0.186. The van der Waals surface area contributed by atoms with Crippen LogP contribution >= 0.6 is 0 Å². The number of amides is 1. The molecule has 1 unspecified atom stereocenters. The van der Waals surface area contributed by atoms with Crippen molar-refractivity contribution in [3.63, 3.8) is 0 Å². The molecule has 2 rings (SSSR count). The molecular weight excluding hydrogens is 257 g/mol. The average molecular weight is 278 g/mol. The van der Waals surface area contributed by atoms with Crippen molar-refractivity contribution in [1.29, 1.82) is 0 Å². The number of halogens is 1. The summed E-state index contributed by atoms with van der Waals surface area (Å²) in [5, 5.41) is 9.36. The second-order valence-corrected chi connectivity index (χ2v) is 5.73. The van der Waals surface area contributed by atoms with Crippen molar-refractivity contribution < 1.29 is 14.3 Å². The van der Waals surface area contributed by atoms with Crippen LogP contribution in [-0.4, -0.2) is 35.2 Å². The minimum atomic E-state index is -0.897. The predicted molar refractivity (Wildman–Crippen MR) is 76.1 cm³/mol. The van der Waals surface area contributed by atoms with Gasteiger partial charge in [-0.25, -0.2) is 4.39 Å². The van der Waals surface area contributed by atoms with Gasteiger partial charge < -0.3 is 10.0 Å². The number of nitrogens with zero attached hydrogens (tertiary/aromatic N) is 1. The molecule has 2 atom stereocenters. The lowest BCUT2D eigenvalue weighted by Crippen LogP contribution is -2.34. The van der Waals surface area contributed by atoms with Crippen LogP contribution in [0, 0.1) is 5.92 Å². The second kappa shape index (κ2) is 6.25. The van der Waals surface area contributed by atoms with Crippen LogP contribution in [0.3, 0.4) is 0 Å². The number of aromatic hydroxyl groups is 1. The molecule has 1 aliphatic heterocycles. The van der Waals surface area contributed by atoms with E-state index in [9.17, 15) is 14.3 Å². The van der Waals surface area contributed by atoms with Crippen LogP contribution in [0.5, 0.6) is 5.75 Å². The zero-order chi connectivity index (χ0) is 14.7. The third-order valence-corrected chi connectivity index (χ3v) is 3.65. The first-order chi connectivity index (χ1) is 9.47. The Morgan fingerprint density at radius 1 is 1.40 bits per heavy atom. The second-order valence-electron chi connectivity index (χ2n) is 5.73. The van der Waals surface area contributed by atoms with Gasteiger partial charge in [0.05, 0.1) is 12.5 Å². The van der Waals surface area contributed by atoms with Crippen LogP contribution in [0.2, 0.25) is 0 Å². The fourth-order valence-corrected chi connectivity index (χ4v) is 2.60. The lowest BCUT2D eigenvalue weighted by Gasteiger charge is -2.24. The SMILES string of the molecule is C[C](C)CC(C(=O)N1CC[C@H](F)C1)c1ccc(O)cc1. The molecule has 1 radical (unpaired) electrons. The summed E-state index contributed by atoms with van der Waals surface area (Å²) in [6, 6.07) is 6.71. The van der Waals surface area contributed by atoms with Crippen molar-refractivity contribution in [2.75, 3.05) is 13.1 Å². The Labute approximate surface area is 119 Å². The van der Waals surface area contributed by atoms with Crippen LogP contribution < -0.4 is 0 Å². The average Bonchev–Trinajstić information content (AvgIpc) is 2.83. The molecule has 0 aliphatic carbocycles. The fraction of sp³-hybridized carbons (Fsp3) is 0.500. The summed E-state index contributed by atoms with van der Waals surface area (Å²) in [5.74, 6) is 1.04. The van der Waals surface area contributed by atoms with Crippen LogP contribution in [-0.2, 0) is 4.79 Å². The van der Waals surface area contributed by atoms with Gasteiger partial charge in [-0.1, -0.05) is 26.0 Å². The molecule has 1 aromatic carbocycles. The number of alkyl halides is 1. The molecule has 0 bridgehead atoms. The van der Waals surface area contributed by atoms with Gasteiger partial charge in [0.15, 0.2) is 0 Å². The van der Waals surface area contributed by atoms with Gasteiger partial charge in [-0.2, -0.15) is 0 Å². The van der Waals surface area contributed by atoms with E-state index < -0.39 is 6.17 Å². The van der Waals surface area contributed by atoms with E-state index in [1.54, 1.807) is 29.2 Å². The Morgan fingerprint density at radius 3 is 2.55 bits per heavy atom. The number of phenolic OH excluding ortho intramolecular Hbond substituents is 1. The molecule has 0 saturated carbocycles. The zero-order valence-corrected chi connectivity index (χ0v) is 12.0. The number of likely N-dealkylation sites (tertiary alicyclic amines) is 1. The van der Waals surface area contributed by atoms with Crippen molar-refractivity contribution in [1.82, 2.24) is 4.90 Å². The zero-order valence-electron chi connectivity index (χ0n) is 12.0. The largest absolute Gasteiger partial charge is 0.508 e. The molecule has 1 aliphatic rings. The van der Waals surface area contributed by atoms with E-state index in [-0.39, 0.29) is 24.1 Å². The monoisotopic (exact) mass is 278 g/mol. The number of rotatable bonds is 4. The van der Waals surface area contributed by atoms with Crippen molar-refractivity contribution in [2.24, 2.45) is 0 Å². The molecule has 1 fully saturated rings. The van der Waals surface area contributed by atoms with Gasteiger partial charge in [-0.3, -0.25) is 4.79 Å². The Balaban J connectivity index is 2.18. The lowest BCUT2D eigenvalue weighted by molar-refractivity contribution is -0.132. The summed E-state index contributed by atoms with van der Waals surface area (Å²) in [4.78, 5) is 14.2. The Kier molecular flexibility index (Phi) is 4.63. The van der Waals surface area contributed by atoms with E-state index in [4.69, 9.17) is 0 Å². The summed E-state index contributed by atoms with van der Waals surface area (Å²) in [7, 11) is 0. The fourth-order valence-electron chi connectivity index (χ4n) is 2.60. The van der Waals surface area contributed by atoms with Gasteiger partial charge in [0.1, 0.15) is 11.9 Å². The van der Waals surface area contributed by atoms with E-state index in [1.807, 2.05) is 13.8 Å². The Hall–Kier alpha value is -1.58. The lowest BCUT2D eigenvalue weighted by atomic mass is 9.89. The van der Waals surface area contributed by atoms with Gasteiger partial charge >= 0.3 is 0 Å². The highest BCUT2D eigenvalue weighted by Crippen LogP contribution is 2.29. The first-order valence-electron chi connectivity index (χ1n) is 6.98. The van der Waals surface area contributed by atoms with E-state index in [1.165, 1.54) is 0 Å². The number of benzene rings is 1. The standard InChI is InChI=1S/C16H21FNO2/c1-11(2)9-15(12-3-5-14(19)6-4-12)16(20)18-8-7-13(17)10-18/h3-6,13,15,19H,7-10H2,1-2H3/t13-,15?/m0/s1. The highest BCUT2D eigenvalue weighted by atomic mass is 19.1. The smallest absolute Gasteiger partial charge is 0.230 e. The van der Waals surface area contributed by atoms with Gasteiger partial charge in [-0.05, 0) is 36.5 Å². The van der Waals surface area contributed by atoms with Crippen molar-refractivity contribution in [2.45, 2.75) is 38.8 Å². The van der Waals surface area contributed by atoms with E-state index >= 15 is 0 Å². The van der Waals surface area contributed by atoms with E-state index in [2.05, 4.69) is 0 Å². The maximum Gasteiger partial charge on any atom is 0.230 e. The van der Waals surface area contributed by atoms with E-state index in [0.29, 0.717) is 19.4 Å². The summed E-state index contributed by atoms with van der Waals surface area (Å²) < 4.78 is 13.3. The van der Waals surface area contributed by atoms with Gasteiger partial charge in [-0.15, -0.1) is 0 Å². The molecule has 1 saturated heterocycles. The normalized spacial score (nSPS) is 20.4. The topological polar surface area (TPSA) is 40.5 Å². The number of carbonyl (C=O) groups excluding carboxylic acids is 1. The van der Waals surface area contributed by atoms with Crippen LogP contribution in [0.25, 0.3) is 0 Å². The maximum atomic E-state index is 13.3. The molecule has 4 heteroatoms. The Morgan fingerprint density at radius 2 is 2.05 bits per heavy atom. The minimum absolute atomic E-state index is 0.0166. The van der Waals surface area contributed by atoms with Gasteiger partial charge in [0, 0.05) is 6.54 Å². The number of phenols is 1. The van der Waals surface area contributed by atoms with Gasteiger partial charge in [0.25, 0.3) is 0 Å². The van der Waals surface area contributed by atoms with Crippen molar-refractivity contribution in [3.8, 4) is 5.75 Å². The number of hydrogen-bond donors (Lipinski definition) is 1. The molecule has 0 aromatic heterocycles. The minimum Gasteiger partial charge on any atom is -0.508 e. The third-order valence-electron chi connectivity index (χ3n) is 3.65.